The summed E-state index contributed by atoms with van der Waals surface area (Å²) >= 11 is 0. The third-order valence-electron chi connectivity index (χ3n) is 7.32. The van der Waals surface area contributed by atoms with E-state index >= 15 is 0 Å². The number of nitrogens with zero attached hydrogens (tertiary/aromatic N) is 1. The minimum atomic E-state index is 0. The Morgan fingerprint density at radius 2 is 1.48 bits per heavy atom. The van der Waals surface area contributed by atoms with Gasteiger partial charge in [0.15, 0.2) is 0 Å². The van der Waals surface area contributed by atoms with Crippen LogP contribution >= 0.6 is 12.4 Å². The molecule has 0 atom stereocenters. The maximum Gasteiger partial charge on any atom is 0.223 e. The molecule has 2 fully saturated rings. The Balaban J connectivity index is 0.00000259. The van der Waals surface area contributed by atoms with Crippen LogP contribution in [0.15, 0.2) is 54.2 Å². The molecule has 4 heteroatoms. The molecule has 1 heterocycles. The Morgan fingerprint density at radius 3 is 2.15 bits per heavy atom. The van der Waals surface area contributed by atoms with Crippen LogP contribution in [-0.4, -0.2) is 30.4 Å². The lowest BCUT2D eigenvalue weighted by Gasteiger charge is -2.35. The van der Waals surface area contributed by atoms with E-state index in [1.54, 1.807) is 0 Å². The normalized spacial score (nSPS) is 18.1. The highest BCUT2D eigenvalue weighted by atomic mass is 35.5. The number of carbonyl (C=O) groups is 1. The minimum absolute atomic E-state index is 0. The maximum absolute atomic E-state index is 12.6. The van der Waals surface area contributed by atoms with E-state index in [4.69, 9.17) is 0 Å². The number of nitrogens with one attached hydrogen (secondary N) is 1. The van der Waals surface area contributed by atoms with Crippen molar-refractivity contribution in [2.45, 2.75) is 51.4 Å². The van der Waals surface area contributed by atoms with Crippen molar-refractivity contribution in [3.05, 3.63) is 76.5 Å². The number of amides is 1. The number of hydrogen-bond donors (Lipinski definition) is 1. The largest absolute Gasteiger partial charge is 0.373 e. The van der Waals surface area contributed by atoms with Gasteiger partial charge in [-0.05, 0) is 54.4 Å². The molecule has 0 spiro atoms. The molecule has 1 amide bonds. The van der Waals surface area contributed by atoms with E-state index < -0.39 is 0 Å². The zero-order valence-electron chi connectivity index (χ0n) is 19.4. The van der Waals surface area contributed by atoms with Crippen LogP contribution in [0.5, 0.6) is 0 Å². The van der Waals surface area contributed by atoms with Gasteiger partial charge in [-0.2, -0.15) is 0 Å². The molecule has 1 N–H and O–H groups in total. The molecule has 0 radical (unpaired) electrons. The van der Waals surface area contributed by atoms with Crippen LogP contribution in [0.1, 0.15) is 73.6 Å². The lowest BCUT2D eigenvalue weighted by molar-refractivity contribution is -0.125. The van der Waals surface area contributed by atoms with Gasteiger partial charge in [0.25, 0.3) is 0 Å². The molecule has 2 aliphatic carbocycles. The van der Waals surface area contributed by atoms with Gasteiger partial charge in [0.2, 0.25) is 5.91 Å². The molecule has 5 rings (SSSR count). The lowest BCUT2D eigenvalue weighted by Crippen LogP contribution is -2.39. The third kappa shape index (κ3) is 5.19. The summed E-state index contributed by atoms with van der Waals surface area (Å²) in [4.78, 5) is 15.2. The van der Waals surface area contributed by atoms with E-state index in [9.17, 15) is 4.79 Å². The van der Waals surface area contributed by atoms with Gasteiger partial charge in [-0.1, -0.05) is 79.9 Å². The number of benzene rings is 2. The smallest absolute Gasteiger partial charge is 0.223 e. The summed E-state index contributed by atoms with van der Waals surface area (Å²) in [6, 6.07) is 17.5. The van der Waals surface area contributed by atoms with Gasteiger partial charge in [-0.3, -0.25) is 4.79 Å². The van der Waals surface area contributed by atoms with Gasteiger partial charge in [-0.25, -0.2) is 0 Å². The summed E-state index contributed by atoms with van der Waals surface area (Å²) in [5, 5.41) is 3.26. The van der Waals surface area contributed by atoms with Crippen molar-refractivity contribution in [2.24, 2.45) is 5.92 Å². The number of rotatable bonds is 4. The van der Waals surface area contributed by atoms with Crippen LogP contribution in [-0.2, 0) is 4.79 Å². The van der Waals surface area contributed by atoms with Gasteiger partial charge < -0.3 is 10.2 Å². The quantitative estimate of drug-likeness (QED) is 0.477. The summed E-state index contributed by atoms with van der Waals surface area (Å²) in [6.07, 6.45) is 13.8. The van der Waals surface area contributed by atoms with Gasteiger partial charge in [-0.15, -0.1) is 12.4 Å². The first-order valence-electron chi connectivity index (χ1n) is 12.4. The van der Waals surface area contributed by atoms with E-state index in [1.165, 1.54) is 65.6 Å². The Morgan fingerprint density at radius 1 is 0.848 bits per heavy atom. The topological polar surface area (TPSA) is 32.3 Å². The SMILES string of the molecule is Cl.O=C(NCCN1CCCCC1=C1c2ccccc2C=Cc2ccccc21)C1CCCCC1. The first-order valence-corrected chi connectivity index (χ1v) is 12.4. The van der Waals surface area contributed by atoms with Crippen molar-refractivity contribution < 1.29 is 4.79 Å². The van der Waals surface area contributed by atoms with Crippen LogP contribution in [0.25, 0.3) is 17.7 Å². The Bertz CT molecular complexity index is 984. The molecule has 0 bridgehead atoms. The van der Waals surface area contributed by atoms with E-state index in [0.29, 0.717) is 0 Å². The van der Waals surface area contributed by atoms with Gasteiger partial charge >= 0.3 is 0 Å². The fourth-order valence-electron chi connectivity index (χ4n) is 5.62. The molecular formula is C29H35ClN2O. The molecule has 174 valence electrons. The zero-order valence-corrected chi connectivity index (χ0v) is 20.2. The van der Waals surface area contributed by atoms with Crippen LogP contribution in [0, 0.1) is 5.92 Å². The minimum Gasteiger partial charge on any atom is -0.373 e. The number of fused-ring (bicyclic) bond motifs is 2. The van der Waals surface area contributed by atoms with Crippen molar-refractivity contribution in [2.75, 3.05) is 19.6 Å². The Hall–Kier alpha value is -2.52. The standard InChI is InChI=1S/C29H34N2O.ClH/c32-29(24-12-2-1-3-13-24)30-19-21-31-20-9-8-16-27(31)28-25-14-6-4-10-22(25)17-18-23-11-5-7-15-26(23)28;/h4-7,10-11,14-15,17-18,24H,1-3,8-9,12-13,16,19-21H2,(H,30,32);1H. The molecule has 33 heavy (non-hydrogen) atoms. The maximum atomic E-state index is 12.6. The highest BCUT2D eigenvalue weighted by molar-refractivity contribution is 5.94. The van der Waals surface area contributed by atoms with Crippen LogP contribution in [0.3, 0.4) is 0 Å². The lowest BCUT2D eigenvalue weighted by atomic mass is 9.88. The average Bonchev–Trinajstić information content (AvgIpc) is 3.02. The van der Waals surface area contributed by atoms with Gasteiger partial charge in [0, 0.05) is 36.8 Å². The predicted octanol–water partition coefficient (Wildman–Crippen LogP) is 6.53. The first-order chi connectivity index (χ1) is 15.8. The van der Waals surface area contributed by atoms with E-state index in [0.717, 1.165) is 38.9 Å². The molecule has 2 aromatic carbocycles. The van der Waals surface area contributed by atoms with E-state index in [1.807, 2.05) is 0 Å². The number of allylic oxidation sites excluding steroid dienone is 1. The van der Waals surface area contributed by atoms with E-state index in [2.05, 4.69) is 70.9 Å². The highest BCUT2D eigenvalue weighted by Gasteiger charge is 2.25. The summed E-state index contributed by atoms with van der Waals surface area (Å²) in [7, 11) is 0. The molecule has 0 aromatic heterocycles. The van der Waals surface area contributed by atoms with Crippen molar-refractivity contribution in [1.29, 1.82) is 0 Å². The summed E-state index contributed by atoms with van der Waals surface area (Å²) in [5.41, 5.74) is 8.01. The average molecular weight is 463 g/mol. The number of carbonyl (C=O) groups excluding carboxylic acids is 1. The summed E-state index contributed by atoms with van der Waals surface area (Å²) in [5.74, 6) is 0.500. The zero-order chi connectivity index (χ0) is 21.8. The van der Waals surface area contributed by atoms with Gasteiger partial charge in [0.1, 0.15) is 0 Å². The molecule has 1 aliphatic heterocycles. The number of hydrogen-bond acceptors (Lipinski definition) is 2. The number of piperidine rings is 1. The fourth-order valence-corrected chi connectivity index (χ4v) is 5.62. The second-order valence-electron chi connectivity index (χ2n) is 9.40. The first kappa shape index (κ1) is 23.6. The molecule has 3 nitrogen and oxygen atoms in total. The molecule has 3 aliphatic rings. The fraction of sp³-hybridized carbons (Fsp3) is 0.414. The van der Waals surface area contributed by atoms with Crippen molar-refractivity contribution >= 4 is 36.0 Å². The van der Waals surface area contributed by atoms with Crippen LogP contribution < -0.4 is 5.32 Å². The highest BCUT2D eigenvalue weighted by Crippen LogP contribution is 2.39. The monoisotopic (exact) mass is 462 g/mol. The Labute approximate surface area is 204 Å². The number of likely N-dealkylation sites (tertiary alicyclic amines) is 1. The molecule has 1 saturated heterocycles. The second-order valence-corrected chi connectivity index (χ2v) is 9.40. The second kappa shape index (κ2) is 11.1. The van der Waals surface area contributed by atoms with Crippen molar-refractivity contribution in [3.8, 4) is 0 Å². The third-order valence-corrected chi connectivity index (χ3v) is 7.32. The van der Waals surface area contributed by atoms with Crippen LogP contribution in [0.4, 0.5) is 0 Å². The molecule has 0 unspecified atom stereocenters. The summed E-state index contributed by atoms with van der Waals surface area (Å²) < 4.78 is 0. The number of halogens is 1. The molecular weight excluding hydrogens is 428 g/mol. The van der Waals surface area contributed by atoms with Crippen molar-refractivity contribution in [1.82, 2.24) is 10.2 Å². The van der Waals surface area contributed by atoms with E-state index in [-0.39, 0.29) is 24.2 Å². The Kier molecular flexibility index (Phi) is 7.93. The van der Waals surface area contributed by atoms with Gasteiger partial charge in [0.05, 0.1) is 0 Å². The van der Waals surface area contributed by atoms with Crippen molar-refractivity contribution in [3.63, 3.8) is 0 Å². The van der Waals surface area contributed by atoms with Crippen LogP contribution in [0.2, 0.25) is 0 Å². The summed E-state index contributed by atoms with van der Waals surface area (Å²) in [6.45, 7) is 2.68. The predicted molar refractivity (Wildman–Crippen MR) is 140 cm³/mol. The molecule has 1 saturated carbocycles. The molecule has 2 aromatic rings.